The number of carboxylic acids is 1. The lowest BCUT2D eigenvalue weighted by molar-refractivity contribution is -0.143. The highest BCUT2D eigenvalue weighted by Gasteiger charge is 2.37. The van der Waals surface area contributed by atoms with Crippen molar-refractivity contribution in [2.75, 3.05) is 0 Å². The van der Waals surface area contributed by atoms with Gasteiger partial charge >= 0.3 is 18.3 Å². The van der Waals surface area contributed by atoms with E-state index in [1.54, 1.807) is 30.3 Å². The van der Waals surface area contributed by atoms with Crippen LogP contribution in [0.5, 0.6) is 0 Å². The Balaban J connectivity index is 1.89. The second kappa shape index (κ2) is 8.48. The van der Waals surface area contributed by atoms with E-state index in [0.717, 1.165) is 5.39 Å². The van der Waals surface area contributed by atoms with Crippen LogP contribution in [0.1, 0.15) is 27.2 Å². The third-order valence-corrected chi connectivity index (χ3v) is 4.52. The van der Waals surface area contributed by atoms with Gasteiger partial charge in [-0.25, -0.2) is 4.79 Å². The second-order valence-corrected chi connectivity index (χ2v) is 6.86. The van der Waals surface area contributed by atoms with E-state index < -0.39 is 47.0 Å². The van der Waals surface area contributed by atoms with Crippen LogP contribution < -0.4 is 5.32 Å². The lowest BCUT2D eigenvalue weighted by atomic mass is 10.0. The molecule has 11 heteroatoms. The molecule has 0 fully saturated rings. The number of carboxylic acid groups (broad SMARTS) is 1. The largest absolute Gasteiger partial charge is 0.480 e. The second-order valence-electron chi connectivity index (χ2n) is 6.86. The Morgan fingerprint density at radius 2 is 1.50 bits per heavy atom. The van der Waals surface area contributed by atoms with Crippen molar-refractivity contribution in [1.29, 1.82) is 0 Å². The summed E-state index contributed by atoms with van der Waals surface area (Å²) in [6, 6.07) is 8.82. The summed E-state index contributed by atoms with van der Waals surface area (Å²) in [5.74, 6) is -2.92. The number of halogens is 6. The molecule has 168 valence electrons. The number of carbonyl (C=O) groups is 2. The number of hydrogen-bond donors (Lipinski definition) is 2. The molecule has 5 nitrogen and oxygen atoms in total. The smallest absolute Gasteiger partial charge is 0.416 e. The fraction of sp³-hybridized carbons (Fsp3) is 0.190. The normalized spacial score (nSPS) is 13.1. The highest BCUT2D eigenvalue weighted by Crippen LogP contribution is 2.36. The topological polar surface area (TPSA) is 79.3 Å². The molecule has 2 N–H and O–H groups in total. The zero-order valence-corrected chi connectivity index (χ0v) is 16.0. The molecule has 3 aromatic rings. The average Bonchev–Trinajstić information content (AvgIpc) is 2.71. The van der Waals surface area contributed by atoms with E-state index >= 15 is 0 Å². The van der Waals surface area contributed by atoms with Gasteiger partial charge in [-0.2, -0.15) is 26.3 Å². The number of pyridine rings is 1. The summed E-state index contributed by atoms with van der Waals surface area (Å²) in [6.07, 6.45) is -10.6. The molecule has 0 aliphatic carbocycles. The van der Waals surface area contributed by atoms with Gasteiger partial charge in [0, 0.05) is 23.1 Å². The van der Waals surface area contributed by atoms with Gasteiger partial charge in [-0.3, -0.25) is 9.78 Å². The monoisotopic (exact) mass is 456 g/mol. The van der Waals surface area contributed by atoms with Crippen molar-refractivity contribution in [2.45, 2.75) is 24.8 Å². The number of para-hydroxylation sites is 1. The highest BCUT2D eigenvalue weighted by atomic mass is 19.4. The number of nitrogens with one attached hydrogen (secondary N) is 1. The first-order chi connectivity index (χ1) is 14.8. The van der Waals surface area contributed by atoms with Crippen molar-refractivity contribution in [2.24, 2.45) is 0 Å². The quantitative estimate of drug-likeness (QED) is 0.546. The number of rotatable bonds is 5. The maximum Gasteiger partial charge on any atom is 0.416 e. The number of alkyl halides is 6. The average molecular weight is 456 g/mol. The van der Waals surface area contributed by atoms with E-state index in [4.69, 9.17) is 0 Å². The molecule has 32 heavy (non-hydrogen) atoms. The summed E-state index contributed by atoms with van der Waals surface area (Å²) in [5.41, 5.74) is -3.52. The Labute approximate surface area is 176 Å². The number of fused-ring (bicyclic) bond motifs is 1. The predicted molar refractivity (Wildman–Crippen MR) is 101 cm³/mol. The molecule has 3 rings (SSSR count). The van der Waals surface area contributed by atoms with Gasteiger partial charge in [0.15, 0.2) is 0 Å². The molecule has 0 aliphatic rings. The zero-order valence-electron chi connectivity index (χ0n) is 16.0. The molecule has 0 bridgehead atoms. The van der Waals surface area contributed by atoms with Gasteiger partial charge in [-0.05, 0) is 30.3 Å². The maximum absolute atomic E-state index is 13.0. The Hall–Kier alpha value is -3.63. The van der Waals surface area contributed by atoms with E-state index in [1.807, 2.05) is 5.32 Å². The first-order valence-electron chi connectivity index (χ1n) is 9.02. The molecule has 0 aliphatic heterocycles. The summed E-state index contributed by atoms with van der Waals surface area (Å²) >= 11 is 0. The number of aliphatic carboxylic acids is 1. The molecular formula is C21H14F6N2O3. The van der Waals surface area contributed by atoms with Gasteiger partial charge in [0.1, 0.15) is 6.04 Å². The van der Waals surface area contributed by atoms with Crippen LogP contribution in [0.4, 0.5) is 26.3 Å². The minimum absolute atomic E-state index is 0.121. The molecule has 1 atom stereocenters. The first-order valence-corrected chi connectivity index (χ1v) is 9.02. The molecule has 0 saturated heterocycles. The van der Waals surface area contributed by atoms with Crippen molar-refractivity contribution < 1.29 is 41.0 Å². The van der Waals surface area contributed by atoms with Gasteiger partial charge < -0.3 is 10.4 Å². The molecule has 0 unspecified atom stereocenters. The molecule has 1 aromatic heterocycles. The van der Waals surface area contributed by atoms with Gasteiger partial charge in [0.25, 0.3) is 5.91 Å². The van der Waals surface area contributed by atoms with Gasteiger partial charge in [0.2, 0.25) is 0 Å². The molecular weight excluding hydrogens is 442 g/mol. The number of aromatic nitrogens is 1. The lowest BCUT2D eigenvalue weighted by Gasteiger charge is -2.17. The van der Waals surface area contributed by atoms with Crippen molar-refractivity contribution in [1.82, 2.24) is 10.3 Å². The summed E-state index contributed by atoms with van der Waals surface area (Å²) in [7, 11) is 0. The SMILES string of the molecule is O=C(N[C@@H](Cc1ccc2ccccc2n1)C(=O)O)c1cc(C(F)(F)F)cc(C(F)(F)F)c1. The number of benzene rings is 2. The third-order valence-electron chi connectivity index (χ3n) is 4.52. The zero-order chi connectivity index (χ0) is 23.7. The van der Waals surface area contributed by atoms with E-state index in [2.05, 4.69) is 4.98 Å². The number of amides is 1. The summed E-state index contributed by atoms with van der Waals surface area (Å²) in [6.45, 7) is 0. The lowest BCUT2D eigenvalue weighted by Crippen LogP contribution is -2.42. The van der Waals surface area contributed by atoms with Crippen LogP contribution in [-0.4, -0.2) is 28.0 Å². The van der Waals surface area contributed by atoms with Crippen LogP contribution in [0, 0.1) is 0 Å². The van der Waals surface area contributed by atoms with E-state index in [9.17, 15) is 41.0 Å². The number of carbonyl (C=O) groups excluding carboxylic acids is 1. The molecule has 0 spiro atoms. The fourth-order valence-corrected chi connectivity index (χ4v) is 2.96. The fourth-order valence-electron chi connectivity index (χ4n) is 2.96. The van der Waals surface area contributed by atoms with Crippen molar-refractivity contribution in [3.05, 3.63) is 77.0 Å². The van der Waals surface area contributed by atoms with Crippen molar-refractivity contribution in [3.63, 3.8) is 0 Å². The van der Waals surface area contributed by atoms with E-state index in [-0.39, 0.29) is 30.3 Å². The van der Waals surface area contributed by atoms with Crippen LogP contribution in [0.3, 0.4) is 0 Å². The summed E-state index contributed by atoms with van der Waals surface area (Å²) in [5, 5.41) is 12.2. The highest BCUT2D eigenvalue weighted by molar-refractivity contribution is 5.97. The Kier molecular flexibility index (Phi) is 6.11. The molecule has 1 heterocycles. The summed E-state index contributed by atoms with van der Waals surface area (Å²) in [4.78, 5) is 28.2. The van der Waals surface area contributed by atoms with Crippen LogP contribution in [0.15, 0.2) is 54.6 Å². The van der Waals surface area contributed by atoms with Crippen molar-refractivity contribution in [3.8, 4) is 0 Å². The Bertz CT molecular complexity index is 1140. The van der Waals surface area contributed by atoms with E-state index in [0.29, 0.717) is 5.52 Å². The van der Waals surface area contributed by atoms with Gasteiger partial charge in [0.05, 0.1) is 16.6 Å². The van der Waals surface area contributed by atoms with Gasteiger partial charge in [-0.1, -0.05) is 24.3 Å². The predicted octanol–water partition coefficient (Wildman–Crippen LogP) is 4.70. The standard InChI is InChI=1S/C21H14F6N2O3/c22-20(23,24)13-7-12(8-14(9-13)21(25,26)27)18(30)29-17(19(31)32)10-15-6-5-11-3-1-2-4-16(11)28-15/h1-9,17H,10H2,(H,29,30)(H,31,32)/t17-/m0/s1. The van der Waals surface area contributed by atoms with Gasteiger partial charge in [-0.15, -0.1) is 0 Å². The molecule has 1 amide bonds. The summed E-state index contributed by atoms with van der Waals surface area (Å²) < 4.78 is 78.0. The Morgan fingerprint density at radius 1 is 0.906 bits per heavy atom. The minimum Gasteiger partial charge on any atom is -0.480 e. The minimum atomic E-state index is -5.14. The maximum atomic E-state index is 13.0. The van der Waals surface area contributed by atoms with Crippen LogP contribution in [0.2, 0.25) is 0 Å². The molecule has 0 radical (unpaired) electrons. The van der Waals surface area contributed by atoms with E-state index in [1.165, 1.54) is 6.07 Å². The third kappa shape index (κ3) is 5.34. The van der Waals surface area contributed by atoms with Crippen molar-refractivity contribution >= 4 is 22.8 Å². The van der Waals surface area contributed by atoms with Crippen LogP contribution >= 0.6 is 0 Å². The molecule has 2 aromatic carbocycles. The Morgan fingerprint density at radius 3 is 2.06 bits per heavy atom. The number of hydrogen-bond acceptors (Lipinski definition) is 3. The number of nitrogens with zero attached hydrogens (tertiary/aromatic N) is 1. The first kappa shape index (κ1) is 23.0. The van der Waals surface area contributed by atoms with Crippen LogP contribution in [-0.2, 0) is 23.6 Å². The molecule has 0 saturated carbocycles. The van der Waals surface area contributed by atoms with Crippen LogP contribution in [0.25, 0.3) is 10.9 Å².